The lowest BCUT2D eigenvalue weighted by Gasteiger charge is -2.41. The number of hydrogen-bond acceptors (Lipinski definition) is 3. The van der Waals surface area contributed by atoms with Gasteiger partial charge in [0.2, 0.25) is 0 Å². The molecule has 0 amide bonds. The summed E-state index contributed by atoms with van der Waals surface area (Å²) in [6.45, 7) is 5.94. The molecule has 0 atom stereocenters. The van der Waals surface area contributed by atoms with E-state index in [1.165, 1.54) is 6.07 Å². The Bertz CT molecular complexity index is 1350. The number of aromatic nitrogens is 3. The average molecular weight is 421 g/mol. The first-order valence-electron chi connectivity index (χ1n) is 10.4. The molecule has 4 aromatic rings. The predicted molar refractivity (Wildman–Crippen MR) is 116 cm³/mol. The van der Waals surface area contributed by atoms with Crippen LogP contribution in [-0.4, -0.2) is 36.5 Å². The molecule has 6 nitrogen and oxygen atoms in total. The number of fused-ring (bicyclic) bond motifs is 2. The van der Waals surface area contributed by atoms with Gasteiger partial charge in [-0.15, -0.1) is 0 Å². The highest BCUT2D eigenvalue weighted by Gasteiger charge is 2.51. The Balaban J connectivity index is 1.82. The lowest BCUT2D eigenvalue weighted by molar-refractivity contribution is -0.169. The molecule has 7 heteroatoms. The van der Waals surface area contributed by atoms with Gasteiger partial charge in [-0.1, -0.05) is 13.8 Å². The van der Waals surface area contributed by atoms with Gasteiger partial charge in [0.15, 0.2) is 5.60 Å². The molecule has 0 bridgehead atoms. The number of carboxylic acid groups (broad SMARTS) is 1. The van der Waals surface area contributed by atoms with E-state index in [0.717, 1.165) is 38.8 Å². The Morgan fingerprint density at radius 1 is 1.29 bits per heavy atom. The van der Waals surface area contributed by atoms with Gasteiger partial charge < -0.3 is 14.8 Å². The second kappa shape index (κ2) is 6.65. The zero-order valence-corrected chi connectivity index (χ0v) is 17.6. The monoisotopic (exact) mass is 421 g/mol. The smallest absolute Gasteiger partial charge is 0.335 e. The van der Waals surface area contributed by atoms with Crippen LogP contribution in [0.15, 0.2) is 36.5 Å². The number of rotatable bonds is 4. The highest BCUT2D eigenvalue weighted by atomic mass is 19.1. The van der Waals surface area contributed by atoms with Gasteiger partial charge >= 0.3 is 5.97 Å². The van der Waals surface area contributed by atoms with Crippen LogP contribution in [0.25, 0.3) is 27.5 Å². The second-order valence-corrected chi connectivity index (χ2v) is 8.99. The maximum atomic E-state index is 14.0. The van der Waals surface area contributed by atoms with Crippen molar-refractivity contribution < 1.29 is 19.4 Å². The van der Waals surface area contributed by atoms with Crippen LogP contribution in [-0.2, 0) is 4.79 Å². The third-order valence-corrected chi connectivity index (χ3v) is 6.53. The Labute approximate surface area is 178 Å². The van der Waals surface area contributed by atoms with Crippen molar-refractivity contribution in [3.8, 4) is 5.69 Å². The fraction of sp³-hybridized carbons (Fsp3) is 0.333. The molecule has 0 unspecified atom stereocenters. The van der Waals surface area contributed by atoms with Gasteiger partial charge in [0, 0.05) is 22.2 Å². The molecule has 3 N–H and O–H groups in total. The van der Waals surface area contributed by atoms with Crippen LogP contribution in [0.2, 0.25) is 0 Å². The molecule has 2 heterocycles. The van der Waals surface area contributed by atoms with Crippen LogP contribution in [0.5, 0.6) is 0 Å². The molecule has 31 heavy (non-hydrogen) atoms. The Hall–Kier alpha value is -3.19. The molecule has 0 radical (unpaired) electrons. The van der Waals surface area contributed by atoms with E-state index >= 15 is 0 Å². The van der Waals surface area contributed by atoms with Crippen molar-refractivity contribution in [3.05, 3.63) is 59.2 Å². The standard InChI is InChI=1S/C24H24FN3O3/c1-12(2)22-21(15-9-24(31,10-15)23(29)30)17-8-19-14(11-26-27-19)7-20(17)28(22)16-4-5-18(25)13(3)6-16/h4-8,11-12,15,31H,9-10H2,1-3H3,(H,26,27)(H,29,30). The lowest BCUT2D eigenvalue weighted by atomic mass is 9.67. The first kappa shape index (κ1) is 19.8. The highest BCUT2D eigenvalue weighted by molar-refractivity contribution is 5.99. The van der Waals surface area contributed by atoms with Crippen molar-refractivity contribution >= 4 is 27.8 Å². The number of nitrogens with one attached hydrogen (secondary N) is 1. The Kier molecular flexibility index (Phi) is 4.24. The lowest BCUT2D eigenvalue weighted by Crippen LogP contribution is -2.49. The summed E-state index contributed by atoms with van der Waals surface area (Å²) in [6, 6.07) is 9.18. The number of nitrogens with zero attached hydrogens (tertiary/aromatic N) is 2. The first-order chi connectivity index (χ1) is 14.7. The summed E-state index contributed by atoms with van der Waals surface area (Å²) < 4.78 is 16.2. The highest BCUT2D eigenvalue weighted by Crippen LogP contribution is 2.51. The zero-order valence-electron chi connectivity index (χ0n) is 17.6. The minimum absolute atomic E-state index is 0.0795. The Morgan fingerprint density at radius 2 is 2.03 bits per heavy atom. The third-order valence-electron chi connectivity index (χ3n) is 6.53. The van der Waals surface area contributed by atoms with Crippen molar-refractivity contribution in [2.75, 3.05) is 0 Å². The van der Waals surface area contributed by atoms with E-state index in [-0.39, 0.29) is 30.5 Å². The van der Waals surface area contributed by atoms with Gasteiger partial charge in [-0.25, -0.2) is 9.18 Å². The number of hydrogen-bond donors (Lipinski definition) is 3. The normalized spacial score (nSPS) is 21.2. The largest absolute Gasteiger partial charge is 0.479 e. The number of H-pyrrole nitrogens is 1. The maximum absolute atomic E-state index is 14.0. The fourth-order valence-electron chi connectivity index (χ4n) is 4.95. The third kappa shape index (κ3) is 2.87. The van der Waals surface area contributed by atoms with Crippen LogP contribution >= 0.6 is 0 Å². The van der Waals surface area contributed by atoms with Gasteiger partial charge in [-0.3, -0.25) is 5.10 Å². The maximum Gasteiger partial charge on any atom is 0.335 e. The molecule has 160 valence electrons. The minimum atomic E-state index is -1.68. The molecule has 1 aliphatic rings. The number of carbonyl (C=O) groups is 1. The summed E-state index contributed by atoms with van der Waals surface area (Å²) in [6.07, 6.45) is 2.11. The van der Waals surface area contributed by atoms with Crippen LogP contribution < -0.4 is 0 Å². The first-order valence-corrected chi connectivity index (χ1v) is 10.4. The topological polar surface area (TPSA) is 91.1 Å². The Morgan fingerprint density at radius 3 is 2.68 bits per heavy atom. The van der Waals surface area contributed by atoms with E-state index in [9.17, 15) is 19.4 Å². The molecular formula is C24H24FN3O3. The molecule has 1 fully saturated rings. The number of aliphatic carboxylic acids is 1. The number of aliphatic hydroxyl groups is 1. The van der Waals surface area contributed by atoms with E-state index in [0.29, 0.717) is 5.56 Å². The fourth-order valence-corrected chi connectivity index (χ4v) is 4.95. The van der Waals surface area contributed by atoms with Crippen LogP contribution in [0.3, 0.4) is 0 Å². The number of aryl methyl sites for hydroxylation is 1. The van der Waals surface area contributed by atoms with Crippen molar-refractivity contribution in [1.82, 2.24) is 14.8 Å². The second-order valence-electron chi connectivity index (χ2n) is 8.99. The van der Waals surface area contributed by atoms with Crippen LogP contribution in [0.4, 0.5) is 4.39 Å². The summed E-state index contributed by atoms with van der Waals surface area (Å²) in [4.78, 5) is 11.5. The van der Waals surface area contributed by atoms with Crippen LogP contribution in [0, 0.1) is 12.7 Å². The van der Waals surface area contributed by atoms with E-state index in [1.807, 2.05) is 12.1 Å². The quantitative estimate of drug-likeness (QED) is 0.443. The molecule has 0 aliphatic heterocycles. The summed E-state index contributed by atoms with van der Waals surface area (Å²) in [5.74, 6) is -1.38. The molecule has 0 saturated heterocycles. The molecule has 2 aromatic carbocycles. The number of halogens is 1. The number of benzene rings is 2. The molecule has 2 aromatic heterocycles. The molecule has 5 rings (SSSR count). The molecule has 1 saturated carbocycles. The van der Waals surface area contributed by atoms with E-state index in [1.54, 1.807) is 19.2 Å². The van der Waals surface area contributed by atoms with Gasteiger partial charge in [-0.2, -0.15) is 5.10 Å². The van der Waals surface area contributed by atoms with Crippen molar-refractivity contribution in [1.29, 1.82) is 0 Å². The zero-order chi connectivity index (χ0) is 22.1. The van der Waals surface area contributed by atoms with Crippen molar-refractivity contribution in [2.24, 2.45) is 0 Å². The summed E-state index contributed by atoms with van der Waals surface area (Å²) in [5.41, 5.74) is 3.69. The summed E-state index contributed by atoms with van der Waals surface area (Å²) >= 11 is 0. The summed E-state index contributed by atoms with van der Waals surface area (Å²) in [5, 5.41) is 28.9. The van der Waals surface area contributed by atoms with E-state index in [4.69, 9.17) is 0 Å². The molecule has 1 aliphatic carbocycles. The van der Waals surface area contributed by atoms with Crippen molar-refractivity contribution in [2.45, 2.75) is 51.0 Å². The predicted octanol–water partition coefficient (Wildman–Crippen LogP) is 4.77. The van der Waals surface area contributed by atoms with Gasteiger partial charge in [0.05, 0.1) is 17.2 Å². The van der Waals surface area contributed by atoms with Gasteiger partial charge in [0.1, 0.15) is 5.82 Å². The number of carboxylic acids is 1. The van der Waals surface area contributed by atoms with Crippen molar-refractivity contribution in [3.63, 3.8) is 0 Å². The van der Waals surface area contributed by atoms with E-state index < -0.39 is 11.6 Å². The summed E-state index contributed by atoms with van der Waals surface area (Å²) in [7, 11) is 0. The van der Waals surface area contributed by atoms with Crippen LogP contribution in [0.1, 0.15) is 55.3 Å². The van der Waals surface area contributed by atoms with Gasteiger partial charge in [0.25, 0.3) is 0 Å². The van der Waals surface area contributed by atoms with E-state index in [2.05, 4.69) is 34.7 Å². The minimum Gasteiger partial charge on any atom is -0.479 e. The average Bonchev–Trinajstić information content (AvgIpc) is 3.27. The molecule has 0 spiro atoms. The van der Waals surface area contributed by atoms with Gasteiger partial charge in [-0.05, 0) is 73.1 Å². The SMILES string of the molecule is Cc1cc(-n2c(C(C)C)c(C3CC(O)(C(=O)O)C3)c3cc4[nH]ncc4cc32)ccc1F. The molecular weight excluding hydrogens is 397 g/mol. The number of aromatic amines is 1.